The van der Waals surface area contributed by atoms with E-state index in [0.717, 1.165) is 19.3 Å². The molecule has 3 aromatic rings. The number of carbonyl (C=O) groups excluding carboxylic acids is 1. The Morgan fingerprint density at radius 1 is 1.35 bits per heavy atom. The zero-order valence-corrected chi connectivity index (χ0v) is 12.3. The number of aromatic amines is 1. The van der Waals surface area contributed by atoms with Crippen molar-refractivity contribution >= 4 is 5.91 Å². The molecule has 4 rings (SSSR count). The van der Waals surface area contributed by atoms with E-state index in [1.54, 1.807) is 29.4 Å². The van der Waals surface area contributed by atoms with Crippen LogP contribution in [0.4, 0.5) is 0 Å². The van der Waals surface area contributed by atoms with Gasteiger partial charge in [-0.1, -0.05) is 5.16 Å². The Morgan fingerprint density at radius 3 is 3.09 bits per heavy atom. The molecule has 1 amide bonds. The summed E-state index contributed by atoms with van der Waals surface area (Å²) in [6.45, 7) is 0.660. The van der Waals surface area contributed by atoms with Gasteiger partial charge in [-0.05, 0) is 31.4 Å². The minimum Gasteiger partial charge on any atom is -0.461 e. The summed E-state index contributed by atoms with van der Waals surface area (Å²) in [6, 6.07) is 5.01. The first kappa shape index (κ1) is 13.7. The molecule has 0 saturated carbocycles. The zero-order valence-electron chi connectivity index (χ0n) is 12.3. The molecule has 8 nitrogen and oxygen atoms in total. The van der Waals surface area contributed by atoms with E-state index < -0.39 is 0 Å². The fraction of sp³-hybridized carbons (Fsp3) is 0.333. The lowest BCUT2D eigenvalue weighted by molar-refractivity contribution is 0.0590. The first-order valence-electron chi connectivity index (χ1n) is 7.50. The molecule has 1 N–H and O–H groups in total. The lowest BCUT2D eigenvalue weighted by Crippen LogP contribution is -2.39. The number of hydrogen-bond acceptors (Lipinski definition) is 6. The van der Waals surface area contributed by atoms with Crippen LogP contribution in [0.25, 0.3) is 11.5 Å². The number of H-pyrrole nitrogens is 1. The second-order valence-electron chi connectivity index (χ2n) is 5.43. The van der Waals surface area contributed by atoms with Crippen LogP contribution in [0.5, 0.6) is 0 Å². The number of furan rings is 1. The van der Waals surface area contributed by atoms with Crippen LogP contribution in [0.1, 0.15) is 41.6 Å². The third-order valence-corrected chi connectivity index (χ3v) is 4.01. The molecule has 1 aliphatic heterocycles. The molecule has 1 aliphatic rings. The molecule has 23 heavy (non-hydrogen) atoms. The quantitative estimate of drug-likeness (QED) is 0.797. The first-order chi connectivity index (χ1) is 11.3. The highest BCUT2D eigenvalue weighted by Gasteiger charge is 2.32. The number of hydrogen-bond donors (Lipinski definition) is 1. The van der Waals surface area contributed by atoms with Gasteiger partial charge in [0.2, 0.25) is 5.76 Å². The summed E-state index contributed by atoms with van der Waals surface area (Å²) in [5.74, 6) is 1.51. The molecule has 0 bridgehead atoms. The highest BCUT2D eigenvalue weighted by atomic mass is 16.5. The first-order valence-corrected chi connectivity index (χ1v) is 7.50. The normalized spacial score (nSPS) is 18.3. The average Bonchev–Trinajstić information content (AvgIpc) is 3.35. The van der Waals surface area contributed by atoms with Gasteiger partial charge in [0.25, 0.3) is 5.91 Å². The number of likely N-dealkylation sites (tertiary alicyclic amines) is 1. The van der Waals surface area contributed by atoms with Crippen molar-refractivity contribution in [2.75, 3.05) is 6.54 Å². The van der Waals surface area contributed by atoms with E-state index in [1.165, 1.54) is 6.33 Å². The lowest BCUT2D eigenvalue weighted by atomic mass is 10.0. The summed E-state index contributed by atoms with van der Waals surface area (Å²) in [7, 11) is 0. The van der Waals surface area contributed by atoms with Crippen molar-refractivity contribution in [1.29, 1.82) is 0 Å². The maximum atomic E-state index is 12.8. The van der Waals surface area contributed by atoms with Crippen molar-refractivity contribution in [3.8, 4) is 11.5 Å². The van der Waals surface area contributed by atoms with E-state index in [9.17, 15) is 4.79 Å². The molecular weight excluding hydrogens is 298 g/mol. The summed E-state index contributed by atoms with van der Waals surface area (Å²) < 4.78 is 10.5. The number of amides is 1. The lowest BCUT2D eigenvalue weighted by Gasteiger charge is -2.33. The van der Waals surface area contributed by atoms with Crippen molar-refractivity contribution < 1.29 is 13.7 Å². The molecule has 118 valence electrons. The van der Waals surface area contributed by atoms with E-state index in [4.69, 9.17) is 8.94 Å². The SMILES string of the molecule is O=C(c1cc(-c2ccco2)on1)N1CCCCC1c1ncn[nH]1. The van der Waals surface area contributed by atoms with E-state index >= 15 is 0 Å². The molecule has 0 aliphatic carbocycles. The topological polar surface area (TPSA) is 101 Å². The number of piperidine rings is 1. The zero-order chi connectivity index (χ0) is 15.6. The van der Waals surface area contributed by atoms with Gasteiger partial charge in [0.05, 0.1) is 12.3 Å². The molecule has 1 fully saturated rings. The van der Waals surface area contributed by atoms with Crippen molar-refractivity contribution in [3.63, 3.8) is 0 Å². The molecule has 1 saturated heterocycles. The van der Waals surface area contributed by atoms with Gasteiger partial charge in [-0.25, -0.2) is 4.98 Å². The predicted molar refractivity (Wildman–Crippen MR) is 78.2 cm³/mol. The third kappa shape index (κ3) is 2.52. The molecular formula is C15H15N5O3. The van der Waals surface area contributed by atoms with E-state index in [-0.39, 0.29) is 17.6 Å². The third-order valence-electron chi connectivity index (χ3n) is 4.01. The van der Waals surface area contributed by atoms with Crippen LogP contribution in [0, 0.1) is 0 Å². The Bertz CT molecular complexity index is 778. The number of carbonyl (C=O) groups is 1. The largest absolute Gasteiger partial charge is 0.461 e. The van der Waals surface area contributed by atoms with Gasteiger partial charge in [0.1, 0.15) is 12.2 Å². The molecule has 4 heterocycles. The van der Waals surface area contributed by atoms with Gasteiger partial charge < -0.3 is 13.8 Å². The van der Waals surface area contributed by atoms with E-state index in [0.29, 0.717) is 23.9 Å². The molecule has 8 heteroatoms. The summed E-state index contributed by atoms with van der Waals surface area (Å²) >= 11 is 0. The second-order valence-corrected chi connectivity index (χ2v) is 5.43. The number of aromatic nitrogens is 4. The molecule has 1 unspecified atom stereocenters. The maximum absolute atomic E-state index is 12.8. The van der Waals surface area contributed by atoms with Crippen LogP contribution in [-0.2, 0) is 0 Å². The fourth-order valence-corrected chi connectivity index (χ4v) is 2.89. The minimum atomic E-state index is -0.173. The van der Waals surface area contributed by atoms with Crippen molar-refractivity contribution in [1.82, 2.24) is 25.2 Å². The standard InChI is InChI=1S/C15H15N5O3/c21-15(10-8-13(23-19-10)12-5-3-7-22-12)20-6-2-1-4-11(20)14-16-9-17-18-14/h3,5,7-9,11H,1-2,4,6H2,(H,16,17,18). The Hall–Kier alpha value is -2.90. The van der Waals surface area contributed by atoms with Crippen molar-refractivity contribution in [3.05, 3.63) is 42.3 Å². The number of rotatable bonds is 3. The van der Waals surface area contributed by atoms with Gasteiger partial charge in [-0.3, -0.25) is 9.89 Å². The summed E-state index contributed by atoms with van der Waals surface area (Å²) in [5.41, 5.74) is 0.266. The molecule has 1 atom stereocenters. The molecule has 0 aromatic carbocycles. The van der Waals surface area contributed by atoms with E-state index in [1.807, 2.05) is 0 Å². The second kappa shape index (κ2) is 5.71. The van der Waals surface area contributed by atoms with Gasteiger partial charge in [-0.15, -0.1) is 0 Å². The van der Waals surface area contributed by atoms with Gasteiger partial charge >= 0.3 is 0 Å². The van der Waals surface area contributed by atoms with Crippen molar-refractivity contribution in [2.24, 2.45) is 0 Å². The van der Waals surface area contributed by atoms with Crippen LogP contribution in [0.15, 0.2) is 39.7 Å². The predicted octanol–water partition coefficient (Wildman–Crippen LogP) is 2.42. The van der Waals surface area contributed by atoms with Gasteiger partial charge in [-0.2, -0.15) is 5.10 Å². The van der Waals surface area contributed by atoms with Gasteiger partial charge in [0.15, 0.2) is 11.5 Å². The highest BCUT2D eigenvalue weighted by molar-refractivity contribution is 5.93. The Balaban J connectivity index is 1.60. The average molecular weight is 313 g/mol. The summed E-state index contributed by atoms with van der Waals surface area (Å²) in [4.78, 5) is 18.8. The van der Waals surface area contributed by atoms with Crippen LogP contribution >= 0.6 is 0 Å². The number of nitrogens with one attached hydrogen (secondary N) is 1. The minimum absolute atomic E-state index is 0.109. The maximum Gasteiger partial charge on any atom is 0.276 e. The Kier molecular flexibility index (Phi) is 3.41. The Morgan fingerprint density at radius 2 is 2.30 bits per heavy atom. The Labute approximate surface area is 131 Å². The molecule has 0 radical (unpaired) electrons. The summed E-state index contributed by atoms with van der Waals surface area (Å²) in [6.07, 6.45) is 5.86. The fourth-order valence-electron chi connectivity index (χ4n) is 2.89. The van der Waals surface area contributed by atoms with Crippen molar-refractivity contribution in [2.45, 2.75) is 25.3 Å². The molecule has 0 spiro atoms. The van der Waals surface area contributed by atoms with Crippen LogP contribution in [0.3, 0.4) is 0 Å². The highest BCUT2D eigenvalue weighted by Crippen LogP contribution is 2.30. The van der Waals surface area contributed by atoms with E-state index in [2.05, 4.69) is 20.3 Å². The van der Waals surface area contributed by atoms with Gasteiger partial charge in [0, 0.05) is 12.6 Å². The smallest absolute Gasteiger partial charge is 0.276 e. The monoisotopic (exact) mass is 313 g/mol. The number of nitrogens with zero attached hydrogens (tertiary/aromatic N) is 4. The molecule has 3 aromatic heterocycles. The van der Waals surface area contributed by atoms with Crippen LogP contribution < -0.4 is 0 Å². The van der Waals surface area contributed by atoms with Crippen LogP contribution in [-0.4, -0.2) is 37.7 Å². The summed E-state index contributed by atoms with van der Waals surface area (Å²) in [5, 5.41) is 10.6. The van der Waals surface area contributed by atoms with Crippen LogP contribution in [0.2, 0.25) is 0 Å².